The molecule has 0 aromatic carbocycles. The molecule has 90 valence electrons. The third kappa shape index (κ3) is 8.25. The predicted octanol–water partition coefficient (Wildman–Crippen LogP) is -1.40. The molecule has 0 heterocycles. The van der Waals surface area contributed by atoms with Gasteiger partial charge in [-0.1, -0.05) is 13.3 Å². The van der Waals surface area contributed by atoms with Gasteiger partial charge in [-0.05, 0) is 20.3 Å². The van der Waals surface area contributed by atoms with E-state index in [4.69, 9.17) is 9.47 Å². The van der Waals surface area contributed by atoms with Crippen LogP contribution in [-0.2, 0) is 19.1 Å². The van der Waals surface area contributed by atoms with Gasteiger partial charge in [0.2, 0.25) is 0 Å². The average molecular weight is 240 g/mol. The van der Waals surface area contributed by atoms with E-state index in [1.165, 1.54) is 0 Å². The Labute approximate surface area is 126 Å². The predicted molar refractivity (Wildman–Crippen MR) is 61.9 cm³/mol. The molecular weight excluding hydrogens is 218 g/mol. The molecule has 0 aliphatic heterocycles. The molecule has 16 heavy (non-hydrogen) atoms. The molecule has 0 aromatic rings. The smallest absolute Gasteiger partial charge is 1.00 e. The molecule has 0 N–H and O–H groups in total. The van der Waals surface area contributed by atoms with Crippen molar-refractivity contribution in [2.45, 2.75) is 33.6 Å². The Balaban J connectivity index is -0.0000000563. The van der Waals surface area contributed by atoms with Gasteiger partial charge >= 0.3 is 48.2 Å². The molecule has 0 unspecified atom stereocenters. The van der Waals surface area contributed by atoms with Gasteiger partial charge < -0.3 is 15.2 Å². The summed E-state index contributed by atoms with van der Waals surface area (Å²) in [5, 5.41) is 0. The average Bonchev–Trinajstić information content (AvgIpc) is 2.14. The second kappa shape index (κ2) is 13.1. The van der Waals surface area contributed by atoms with Crippen LogP contribution in [0.1, 0.15) is 39.3 Å². The zero-order valence-electron chi connectivity index (χ0n) is 14.6. The van der Waals surface area contributed by atoms with Crippen LogP contribution in [0.5, 0.6) is 0 Å². The van der Waals surface area contributed by atoms with Gasteiger partial charge in [-0.3, -0.25) is 9.59 Å². The van der Waals surface area contributed by atoms with E-state index in [9.17, 15) is 9.59 Å². The van der Waals surface area contributed by atoms with Crippen LogP contribution in [0.15, 0.2) is 0 Å². The topological polar surface area (TPSA) is 52.6 Å². The van der Waals surface area contributed by atoms with E-state index < -0.39 is 17.9 Å². The van der Waals surface area contributed by atoms with Gasteiger partial charge in [0.15, 0.2) is 5.92 Å². The van der Waals surface area contributed by atoms with Crippen molar-refractivity contribution in [3.05, 3.63) is 0 Å². The first-order valence-corrected chi connectivity index (χ1v) is 5.00. The largest absolute Gasteiger partial charge is 3.00 e. The van der Waals surface area contributed by atoms with Gasteiger partial charge in [-0.15, -0.1) is 0 Å². The first kappa shape index (κ1) is 21.4. The minimum atomic E-state index is -0.750. The molecule has 0 aliphatic carbocycles. The third-order valence-electron chi connectivity index (χ3n) is 1.72. The molecule has 0 aliphatic rings. The molecule has 0 spiro atoms. The Kier molecular flexibility index (Phi) is 17.5. The fourth-order valence-electron chi connectivity index (χ4n) is 1.11. The molecule has 0 amide bonds. The number of rotatable bonds is 6. The number of ether oxygens (including phenoxy) is 2. The van der Waals surface area contributed by atoms with Crippen molar-refractivity contribution in [1.29, 1.82) is 0 Å². The van der Waals surface area contributed by atoms with Crippen LogP contribution in [0.4, 0.5) is 0 Å². The summed E-state index contributed by atoms with van der Waals surface area (Å²) in [6, 6.07) is 0. The summed E-state index contributed by atoms with van der Waals surface area (Å²) in [4.78, 5) is 22.7. The summed E-state index contributed by atoms with van der Waals surface area (Å²) in [5.41, 5.74) is 0. The second-order valence-electron chi connectivity index (χ2n) is 2.85. The maximum atomic E-state index is 11.3. The molecule has 0 saturated heterocycles. The molecule has 0 atom stereocenters. The number of esters is 2. The van der Waals surface area contributed by atoms with Gasteiger partial charge in [-0.25, -0.2) is 0 Å². The van der Waals surface area contributed by atoms with Crippen LogP contribution in [0, 0.1) is 5.92 Å². The Bertz CT molecular complexity index is 196. The molecule has 0 saturated carbocycles. The molecular formula is C10H22AlLiO4. The molecule has 0 radical (unpaired) electrons. The fourth-order valence-corrected chi connectivity index (χ4v) is 1.11. The number of hydrogen-bond donors (Lipinski definition) is 0. The Morgan fingerprint density at radius 3 is 1.69 bits per heavy atom. The Morgan fingerprint density at radius 1 is 1.06 bits per heavy atom. The van der Waals surface area contributed by atoms with Crippen LogP contribution in [0.25, 0.3) is 0 Å². The monoisotopic (exact) mass is 240 g/mol. The van der Waals surface area contributed by atoms with E-state index in [0.29, 0.717) is 19.6 Å². The van der Waals surface area contributed by atoms with Gasteiger partial charge in [0, 0.05) is 0 Å². The van der Waals surface area contributed by atoms with Crippen molar-refractivity contribution in [2.24, 2.45) is 5.92 Å². The van der Waals surface area contributed by atoms with E-state index in [0.717, 1.165) is 6.42 Å². The first-order valence-electron chi connectivity index (χ1n) is 5.00. The fraction of sp³-hybridized carbons (Fsp3) is 0.800. The maximum Gasteiger partial charge on any atom is 3.00 e. The summed E-state index contributed by atoms with van der Waals surface area (Å²) in [6.45, 7) is 5.92. The minimum absolute atomic E-state index is 0. The Morgan fingerprint density at radius 2 is 1.44 bits per heavy atom. The standard InChI is InChI=1S/C10H18O4.Al.Li.4H/c1-4-7-8(9(11)13-5-2)10(12)14-6-3;;;;;;/h8H,4-7H2,1-3H3;;;;;;/q;+3;+1;4*-1. The first-order chi connectivity index (χ1) is 6.67. The summed E-state index contributed by atoms with van der Waals surface area (Å²) in [5.74, 6) is -1.71. The van der Waals surface area contributed by atoms with Crippen molar-refractivity contribution in [1.82, 2.24) is 0 Å². The van der Waals surface area contributed by atoms with Crippen molar-refractivity contribution < 1.29 is 43.6 Å². The van der Waals surface area contributed by atoms with E-state index in [-0.39, 0.29) is 41.9 Å². The SMILES string of the molecule is CCCC(C(=O)OCC)C(=O)OCC.[Al+3].[H-].[H-].[H-].[H-].[Li+]. The normalized spacial score (nSPS) is 8.75. The number of carbonyl (C=O) groups excluding carboxylic acids is 2. The summed E-state index contributed by atoms with van der Waals surface area (Å²) in [7, 11) is 0. The zero-order chi connectivity index (χ0) is 11.0. The molecule has 6 heteroatoms. The van der Waals surface area contributed by atoms with Gasteiger partial charge in [-0.2, -0.15) is 0 Å². The van der Waals surface area contributed by atoms with Gasteiger partial charge in [0.1, 0.15) is 0 Å². The van der Waals surface area contributed by atoms with Crippen molar-refractivity contribution in [3.63, 3.8) is 0 Å². The van der Waals surface area contributed by atoms with Crippen LogP contribution in [-0.4, -0.2) is 42.5 Å². The molecule has 4 nitrogen and oxygen atoms in total. The van der Waals surface area contributed by atoms with E-state index in [1.807, 2.05) is 6.92 Å². The van der Waals surface area contributed by atoms with E-state index in [1.54, 1.807) is 13.8 Å². The molecule has 0 bridgehead atoms. The molecule has 0 aromatic heterocycles. The maximum absolute atomic E-state index is 11.3. The van der Waals surface area contributed by atoms with Crippen LogP contribution < -0.4 is 18.9 Å². The van der Waals surface area contributed by atoms with E-state index in [2.05, 4.69) is 0 Å². The van der Waals surface area contributed by atoms with Crippen LogP contribution in [0.3, 0.4) is 0 Å². The second-order valence-corrected chi connectivity index (χ2v) is 2.85. The number of hydrogen-bond acceptors (Lipinski definition) is 4. The Hall–Kier alpha value is 0.0699. The van der Waals surface area contributed by atoms with Gasteiger partial charge in [0.25, 0.3) is 0 Å². The van der Waals surface area contributed by atoms with Crippen molar-refractivity contribution in [2.75, 3.05) is 13.2 Å². The van der Waals surface area contributed by atoms with E-state index >= 15 is 0 Å². The van der Waals surface area contributed by atoms with Gasteiger partial charge in [0.05, 0.1) is 13.2 Å². The quantitative estimate of drug-likeness (QED) is 0.325. The minimum Gasteiger partial charge on any atom is -1.00 e. The summed E-state index contributed by atoms with van der Waals surface area (Å²) in [6.07, 6.45) is 1.24. The van der Waals surface area contributed by atoms with Crippen molar-refractivity contribution in [3.8, 4) is 0 Å². The summed E-state index contributed by atoms with van der Waals surface area (Å²) >= 11 is 0. The van der Waals surface area contributed by atoms with Crippen molar-refractivity contribution >= 4 is 29.3 Å². The zero-order valence-corrected chi connectivity index (χ0v) is 11.8. The summed E-state index contributed by atoms with van der Waals surface area (Å²) < 4.78 is 9.57. The third-order valence-corrected chi connectivity index (χ3v) is 1.72. The number of carbonyl (C=O) groups is 2. The van der Waals surface area contributed by atoms with Crippen LogP contribution >= 0.6 is 0 Å². The molecule has 0 rings (SSSR count). The van der Waals surface area contributed by atoms with Crippen LogP contribution in [0.2, 0.25) is 0 Å². The molecule has 0 fully saturated rings.